The molecular weight excluding hydrogens is 228 g/mol. The van der Waals surface area contributed by atoms with Crippen molar-refractivity contribution in [2.75, 3.05) is 0 Å². The minimum absolute atomic E-state index is 0.00937. The largest absolute Gasteiger partial charge is 0.340 e. The van der Waals surface area contributed by atoms with Crippen LogP contribution in [0.2, 0.25) is 0 Å². The average molecular weight is 246 g/mol. The number of hydrogen-bond donors (Lipinski definition) is 0. The predicted molar refractivity (Wildman–Crippen MR) is 69.0 cm³/mol. The molecule has 96 valence electrons. The molecule has 0 radical (unpaired) electrons. The van der Waals surface area contributed by atoms with Crippen LogP contribution in [0.25, 0.3) is 0 Å². The van der Waals surface area contributed by atoms with E-state index in [0.29, 0.717) is 0 Å². The van der Waals surface area contributed by atoms with Gasteiger partial charge in [0.25, 0.3) is 0 Å². The van der Waals surface area contributed by atoms with Crippen molar-refractivity contribution in [3.63, 3.8) is 0 Å². The second-order valence-electron chi connectivity index (χ2n) is 4.90. The van der Waals surface area contributed by atoms with Crippen LogP contribution < -0.4 is 0 Å². The van der Waals surface area contributed by atoms with E-state index in [4.69, 9.17) is 9.47 Å². The van der Waals surface area contributed by atoms with Gasteiger partial charge < -0.3 is 9.47 Å². The van der Waals surface area contributed by atoms with Gasteiger partial charge >= 0.3 is 0 Å². The fourth-order valence-corrected chi connectivity index (χ4v) is 2.06. The number of ether oxygens (including phenoxy) is 2. The van der Waals surface area contributed by atoms with Crippen molar-refractivity contribution < 1.29 is 14.3 Å². The molecule has 0 aromatic heterocycles. The Balaban J connectivity index is 2.23. The van der Waals surface area contributed by atoms with Crippen LogP contribution in [0.1, 0.15) is 32.4 Å². The molecule has 1 aromatic rings. The molecule has 0 amide bonds. The highest BCUT2D eigenvalue weighted by Crippen LogP contribution is 2.38. The standard InChI is InChI=1S/C15H18O3/c1-11(16)9-10-13-14(18-15(2,3)17-13)12-7-5-4-6-8-12/h4-10,13-14H,1-3H3/b10-9+/t13-,14-/m1/s1. The first-order valence-corrected chi connectivity index (χ1v) is 6.07. The molecule has 2 atom stereocenters. The van der Waals surface area contributed by atoms with E-state index in [1.54, 1.807) is 6.08 Å². The smallest absolute Gasteiger partial charge is 0.164 e. The van der Waals surface area contributed by atoms with Crippen LogP contribution in [0.3, 0.4) is 0 Å². The van der Waals surface area contributed by atoms with Gasteiger partial charge in [0, 0.05) is 0 Å². The van der Waals surface area contributed by atoms with Crippen LogP contribution in [0.4, 0.5) is 0 Å². The summed E-state index contributed by atoms with van der Waals surface area (Å²) in [6.45, 7) is 5.28. The van der Waals surface area contributed by atoms with E-state index in [0.717, 1.165) is 5.56 Å². The van der Waals surface area contributed by atoms with Crippen LogP contribution in [0, 0.1) is 0 Å². The molecule has 1 heterocycles. The van der Waals surface area contributed by atoms with Crippen molar-refractivity contribution in [3.8, 4) is 0 Å². The van der Waals surface area contributed by atoms with Gasteiger partial charge in [0.05, 0.1) is 0 Å². The van der Waals surface area contributed by atoms with Crippen molar-refractivity contribution in [1.82, 2.24) is 0 Å². The molecule has 1 aromatic carbocycles. The third kappa shape index (κ3) is 3.06. The van der Waals surface area contributed by atoms with E-state index in [2.05, 4.69) is 0 Å². The Labute approximate surface area is 107 Å². The summed E-state index contributed by atoms with van der Waals surface area (Å²) in [5.41, 5.74) is 1.06. The summed E-state index contributed by atoms with van der Waals surface area (Å²) in [4.78, 5) is 11.0. The van der Waals surface area contributed by atoms with Gasteiger partial charge in [-0.3, -0.25) is 4.79 Å². The first kappa shape index (κ1) is 13.0. The fourth-order valence-electron chi connectivity index (χ4n) is 2.06. The molecule has 1 fully saturated rings. The van der Waals surface area contributed by atoms with Crippen LogP contribution >= 0.6 is 0 Å². The van der Waals surface area contributed by atoms with Gasteiger partial charge in [-0.2, -0.15) is 0 Å². The minimum atomic E-state index is -0.633. The first-order chi connectivity index (χ1) is 8.48. The second kappa shape index (κ2) is 5.04. The maximum Gasteiger partial charge on any atom is 0.164 e. The van der Waals surface area contributed by atoms with E-state index in [-0.39, 0.29) is 18.0 Å². The summed E-state index contributed by atoms with van der Waals surface area (Å²) in [6.07, 6.45) is 2.91. The molecule has 18 heavy (non-hydrogen) atoms. The topological polar surface area (TPSA) is 35.5 Å². The van der Waals surface area contributed by atoms with Crippen molar-refractivity contribution in [2.24, 2.45) is 0 Å². The highest BCUT2D eigenvalue weighted by atomic mass is 16.7. The summed E-state index contributed by atoms with van der Waals surface area (Å²) in [6, 6.07) is 9.91. The number of carbonyl (C=O) groups excluding carboxylic acids is 1. The number of hydrogen-bond acceptors (Lipinski definition) is 3. The molecule has 3 heteroatoms. The number of carbonyl (C=O) groups is 1. The van der Waals surface area contributed by atoms with E-state index in [1.807, 2.05) is 44.2 Å². The highest BCUT2D eigenvalue weighted by Gasteiger charge is 2.40. The number of allylic oxidation sites excluding steroid dienone is 1. The summed E-state index contributed by atoms with van der Waals surface area (Å²) >= 11 is 0. The molecule has 0 N–H and O–H groups in total. The Kier molecular flexibility index (Phi) is 3.64. The third-order valence-corrected chi connectivity index (χ3v) is 2.78. The van der Waals surface area contributed by atoms with Crippen LogP contribution in [0.5, 0.6) is 0 Å². The van der Waals surface area contributed by atoms with Crippen molar-refractivity contribution in [1.29, 1.82) is 0 Å². The van der Waals surface area contributed by atoms with E-state index in [9.17, 15) is 4.79 Å². The average Bonchev–Trinajstić information content (AvgIpc) is 2.63. The van der Waals surface area contributed by atoms with Crippen molar-refractivity contribution in [2.45, 2.75) is 38.8 Å². The van der Waals surface area contributed by atoms with Gasteiger partial charge in [-0.05, 0) is 38.5 Å². The molecule has 3 nitrogen and oxygen atoms in total. The zero-order chi connectivity index (χ0) is 13.2. The maximum absolute atomic E-state index is 11.0. The monoisotopic (exact) mass is 246 g/mol. The van der Waals surface area contributed by atoms with Gasteiger partial charge in [0.2, 0.25) is 0 Å². The number of benzene rings is 1. The van der Waals surface area contributed by atoms with Crippen LogP contribution in [-0.2, 0) is 14.3 Å². The lowest BCUT2D eigenvalue weighted by Gasteiger charge is -2.16. The Bertz CT molecular complexity index is 448. The zero-order valence-electron chi connectivity index (χ0n) is 10.9. The summed E-state index contributed by atoms with van der Waals surface area (Å²) in [5.74, 6) is -0.623. The summed E-state index contributed by atoms with van der Waals surface area (Å²) in [7, 11) is 0. The minimum Gasteiger partial charge on any atom is -0.340 e. The Hall–Kier alpha value is -1.45. The maximum atomic E-state index is 11.0. The lowest BCUT2D eigenvalue weighted by molar-refractivity contribution is -0.143. The molecule has 0 aliphatic carbocycles. The summed E-state index contributed by atoms with van der Waals surface area (Å²) in [5, 5.41) is 0. The molecule has 0 unspecified atom stereocenters. The molecule has 1 saturated heterocycles. The lowest BCUT2D eigenvalue weighted by atomic mass is 10.0. The Morgan fingerprint density at radius 3 is 2.50 bits per heavy atom. The molecule has 2 rings (SSSR count). The van der Waals surface area contributed by atoms with Gasteiger partial charge in [0.1, 0.15) is 12.2 Å². The molecular formula is C15H18O3. The second-order valence-corrected chi connectivity index (χ2v) is 4.90. The van der Waals surface area contributed by atoms with E-state index in [1.165, 1.54) is 13.0 Å². The van der Waals surface area contributed by atoms with Gasteiger partial charge in [-0.25, -0.2) is 0 Å². The fraction of sp³-hybridized carbons (Fsp3) is 0.400. The zero-order valence-corrected chi connectivity index (χ0v) is 10.9. The van der Waals surface area contributed by atoms with Gasteiger partial charge in [-0.15, -0.1) is 0 Å². The SMILES string of the molecule is CC(=O)/C=C/[C@H]1OC(C)(C)O[C@@H]1c1ccccc1. The van der Waals surface area contributed by atoms with Crippen molar-refractivity contribution >= 4 is 5.78 Å². The van der Waals surface area contributed by atoms with Gasteiger partial charge in [0.15, 0.2) is 11.6 Å². The van der Waals surface area contributed by atoms with Crippen LogP contribution in [0.15, 0.2) is 42.5 Å². The molecule has 0 saturated carbocycles. The first-order valence-electron chi connectivity index (χ1n) is 6.07. The lowest BCUT2D eigenvalue weighted by Crippen LogP contribution is -2.20. The molecule has 0 spiro atoms. The van der Waals surface area contributed by atoms with Gasteiger partial charge in [-0.1, -0.05) is 30.3 Å². The number of ketones is 1. The summed E-state index contributed by atoms with van der Waals surface area (Å²) < 4.78 is 11.7. The normalized spacial score (nSPS) is 26.6. The quantitative estimate of drug-likeness (QED) is 0.769. The molecule has 1 aliphatic heterocycles. The predicted octanol–water partition coefficient (Wildman–Crippen LogP) is 3.02. The Morgan fingerprint density at radius 1 is 1.22 bits per heavy atom. The van der Waals surface area contributed by atoms with Crippen LogP contribution in [-0.4, -0.2) is 17.7 Å². The Morgan fingerprint density at radius 2 is 1.89 bits per heavy atom. The molecule has 1 aliphatic rings. The highest BCUT2D eigenvalue weighted by molar-refractivity contribution is 5.87. The molecule has 0 bridgehead atoms. The third-order valence-electron chi connectivity index (χ3n) is 2.78. The van der Waals surface area contributed by atoms with Crippen molar-refractivity contribution in [3.05, 3.63) is 48.0 Å². The number of rotatable bonds is 3. The van der Waals surface area contributed by atoms with E-state index < -0.39 is 5.79 Å². The van der Waals surface area contributed by atoms with E-state index >= 15 is 0 Å².